The van der Waals surface area contributed by atoms with Gasteiger partial charge in [-0.15, -0.1) is 0 Å². The van der Waals surface area contributed by atoms with Gasteiger partial charge in [0.1, 0.15) is 5.82 Å². The van der Waals surface area contributed by atoms with Crippen molar-refractivity contribution in [3.05, 3.63) is 47.3 Å². The van der Waals surface area contributed by atoms with Crippen molar-refractivity contribution < 1.29 is 0 Å². The highest BCUT2D eigenvalue weighted by molar-refractivity contribution is 5.66. The number of anilines is 1. The highest BCUT2D eigenvalue weighted by Crippen LogP contribution is 2.53. The molecule has 1 atom stereocenters. The zero-order chi connectivity index (χ0) is 15.2. The van der Waals surface area contributed by atoms with Gasteiger partial charge in [0, 0.05) is 28.9 Å². The summed E-state index contributed by atoms with van der Waals surface area (Å²) in [6.45, 7) is 4.72. The highest BCUT2D eigenvalue weighted by Gasteiger charge is 2.50. The molecule has 1 spiro atoms. The Morgan fingerprint density at radius 3 is 2.82 bits per heavy atom. The maximum absolute atomic E-state index is 4.81. The van der Waals surface area contributed by atoms with Gasteiger partial charge in [-0.1, -0.05) is 31.4 Å². The Bertz CT molecular complexity index is 635. The Hall–Kier alpha value is -1.57. The van der Waals surface area contributed by atoms with E-state index >= 15 is 0 Å². The maximum Gasteiger partial charge on any atom is 0.137 e. The largest absolute Gasteiger partial charge is 0.323 e. The molecule has 2 aliphatic carbocycles. The molecule has 0 N–H and O–H groups in total. The van der Waals surface area contributed by atoms with Gasteiger partial charge >= 0.3 is 0 Å². The molecule has 2 heteroatoms. The molecule has 0 saturated heterocycles. The number of pyridine rings is 1. The number of nitrogens with zero attached hydrogens (tertiary/aromatic N) is 2. The molecule has 0 bridgehead atoms. The third-order valence-corrected chi connectivity index (χ3v) is 6.14. The van der Waals surface area contributed by atoms with Gasteiger partial charge in [0.2, 0.25) is 0 Å². The first kappa shape index (κ1) is 14.0. The predicted molar refractivity (Wildman–Crippen MR) is 92.0 cm³/mol. The van der Waals surface area contributed by atoms with Gasteiger partial charge in [0.05, 0.1) is 0 Å². The maximum atomic E-state index is 4.81. The van der Waals surface area contributed by atoms with E-state index in [4.69, 9.17) is 4.98 Å². The monoisotopic (exact) mass is 294 g/mol. The third-order valence-electron chi connectivity index (χ3n) is 6.14. The summed E-state index contributed by atoms with van der Waals surface area (Å²) in [5.74, 6) is 1.22. The Morgan fingerprint density at radius 1 is 1.23 bits per heavy atom. The lowest BCUT2D eigenvalue weighted by atomic mass is 9.67. The summed E-state index contributed by atoms with van der Waals surface area (Å²) in [6.07, 6.45) is 15.7. The SMILES string of the molecule is CC1=C(N2c3ncccc3C3(CCCCC3)[C@@H]2C)C=CCC1. The quantitative estimate of drug-likeness (QED) is 0.715. The Kier molecular flexibility index (Phi) is 3.36. The smallest absolute Gasteiger partial charge is 0.137 e. The minimum Gasteiger partial charge on any atom is -0.323 e. The van der Waals surface area contributed by atoms with Crippen LogP contribution < -0.4 is 4.90 Å². The van der Waals surface area contributed by atoms with Crippen LogP contribution in [0.1, 0.15) is 64.4 Å². The van der Waals surface area contributed by atoms with Gasteiger partial charge < -0.3 is 4.90 Å². The van der Waals surface area contributed by atoms with Crippen LogP contribution in [0.4, 0.5) is 5.82 Å². The zero-order valence-electron chi connectivity index (χ0n) is 13.8. The summed E-state index contributed by atoms with van der Waals surface area (Å²) in [4.78, 5) is 7.36. The van der Waals surface area contributed by atoms with Crippen LogP contribution >= 0.6 is 0 Å². The van der Waals surface area contributed by atoms with E-state index in [9.17, 15) is 0 Å². The Labute approximate surface area is 133 Å². The van der Waals surface area contributed by atoms with Gasteiger partial charge in [0.25, 0.3) is 0 Å². The second kappa shape index (κ2) is 5.26. The zero-order valence-corrected chi connectivity index (χ0v) is 13.8. The second-order valence-electron chi connectivity index (χ2n) is 7.24. The fourth-order valence-electron chi connectivity index (χ4n) is 4.88. The van der Waals surface area contributed by atoms with E-state index in [-0.39, 0.29) is 0 Å². The molecule has 1 saturated carbocycles. The molecule has 1 aromatic rings. The van der Waals surface area contributed by atoms with Gasteiger partial charge in [-0.25, -0.2) is 4.98 Å². The van der Waals surface area contributed by atoms with Gasteiger partial charge in [-0.3, -0.25) is 0 Å². The molecular weight excluding hydrogens is 268 g/mol. The van der Waals surface area contributed by atoms with Crippen LogP contribution in [-0.2, 0) is 5.41 Å². The summed E-state index contributed by atoms with van der Waals surface area (Å²) in [6, 6.07) is 4.99. The summed E-state index contributed by atoms with van der Waals surface area (Å²) in [5.41, 5.74) is 4.74. The number of aromatic nitrogens is 1. The average Bonchev–Trinajstić information content (AvgIpc) is 2.79. The second-order valence-corrected chi connectivity index (χ2v) is 7.24. The van der Waals surface area contributed by atoms with E-state index in [1.165, 1.54) is 67.6 Å². The van der Waals surface area contributed by atoms with Crippen molar-refractivity contribution in [2.24, 2.45) is 0 Å². The van der Waals surface area contributed by atoms with Gasteiger partial charge in [0.15, 0.2) is 0 Å². The lowest BCUT2D eigenvalue weighted by Crippen LogP contribution is -2.43. The van der Waals surface area contributed by atoms with Crippen LogP contribution in [0.3, 0.4) is 0 Å². The van der Waals surface area contributed by atoms with Crippen molar-refractivity contribution >= 4 is 5.82 Å². The first-order valence-corrected chi connectivity index (χ1v) is 8.85. The van der Waals surface area contributed by atoms with Crippen molar-refractivity contribution in [3.63, 3.8) is 0 Å². The van der Waals surface area contributed by atoms with Crippen LogP contribution in [0.15, 0.2) is 41.8 Å². The van der Waals surface area contributed by atoms with Crippen LogP contribution in [-0.4, -0.2) is 11.0 Å². The fourth-order valence-corrected chi connectivity index (χ4v) is 4.88. The highest BCUT2D eigenvalue weighted by atomic mass is 15.3. The van der Waals surface area contributed by atoms with Crippen molar-refractivity contribution in [2.75, 3.05) is 4.90 Å². The van der Waals surface area contributed by atoms with E-state index in [0.29, 0.717) is 11.5 Å². The molecule has 0 unspecified atom stereocenters. The first-order chi connectivity index (χ1) is 10.7. The van der Waals surface area contributed by atoms with Gasteiger partial charge in [-0.05, 0) is 57.2 Å². The summed E-state index contributed by atoms with van der Waals surface area (Å²) in [7, 11) is 0. The van der Waals surface area contributed by atoms with E-state index in [1.807, 2.05) is 6.20 Å². The molecule has 2 nitrogen and oxygen atoms in total. The predicted octanol–water partition coefficient (Wildman–Crippen LogP) is 5.12. The van der Waals surface area contributed by atoms with Gasteiger partial charge in [-0.2, -0.15) is 0 Å². The van der Waals surface area contributed by atoms with Crippen molar-refractivity contribution in [1.29, 1.82) is 0 Å². The number of fused-ring (bicyclic) bond motifs is 2. The molecular formula is C20H26N2. The normalized spacial score (nSPS) is 26.6. The number of rotatable bonds is 1. The van der Waals surface area contributed by atoms with Crippen LogP contribution in [0.5, 0.6) is 0 Å². The van der Waals surface area contributed by atoms with Crippen LogP contribution in [0.25, 0.3) is 0 Å². The molecule has 0 aromatic carbocycles. The molecule has 0 amide bonds. The topological polar surface area (TPSA) is 16.1 Å². The minimum absolute atomic E-state index is 0.320. The third kappa shape index (κ3) is 1.89. The molecule has 1 aromatic heterocycles. The Morgan fingerprint density at radius 2 is 2.05 bits per heavy atom. The van der Waals surface area contributed by atoms with E-state index < -0.39 is 0 Å². The van der Waals surface area contributed by atoms with Crippen molar-refractivity contribution in [2.45, 2.75) is 70.3 Å². The molecule has 4 rings (SSSR count). The lowest BCUT2D eigenvalue weighted by molar-refractivity contribution is 0.266. The molecule has 2 heterocycles. The fraction of sp³-hybridized carbons (Fsp3) is 0.550. The lowest BCUT2D eigenvalue weighted by Gasteiger charge is -2.40. The van der Waals surface area contributed by atoms with E-state index in [0.717, 1.165) is 0 Å². The molecule has 1 fully saturated rings. The van der Waals surface area contributed by atoms with Crippen LogP contribution in [0, 0.1) is 0 Å². The van der Waals surface area contributed by atoms with Crippen LogP contribution in [0.2, 0.25) is 0 Å². The minimum atomic E-state index is 0.320. The molecule has 3 aliphatic rings. The number of hydrogen-bond donors (Lipinski definition) is 0. The van der Waals surface area contributed by atoms with Crippen molar-refractivity contribution in [3.8, 4) is 0 Å². The molecule has 22 heavy (non-hydrogen) atoms. The Balaban J connectivity index is 1.86. The van der Waals surface area contributed by atoms with Crippen molar-refractivity contribution in [1.82, 2.24) is 4.98 Å². The first-order valence-electron chi connectivity index (χ1n) is 8.85. The van der Waals surface area contributed by atoms with E-state index in [1.54, 1.807) is 0 Å². The number of allylic oxidation sites excluding steroid dienone is 3. The number of hydrogen-bond acceptors (Lipinski definition) is 2. The summed E-state index contributed by atoms with van der Waals surface area (Å²) in [5, 5.41) is 0. The standard InChI is InChI=1S/C20H26N2/c1-15-9-4-5-11-18(15)22-16(2)20(12-6-3-7-13-20)17-10-8-14-21-19(17)22/h5,8,10-11,14,16H,3-4,6-7,9,12-13H2,1-2H3/t16-/m0/s1. The molecule has 116 valence electrons. The average molecular weight is 294 g/mol. The molecule has 0 radical (unpaired) electrons. The summed E-state index contributed by atoms with van der Waals surface area (Å²) < 4.78 is 0. The van der Waals surface area contributed by atoms with E-state index in [2.05, 4.69) is 43.0 Å². The summed E-state index contributed by atoms with van der Waals surface area (Å²) >= 11 is 0. The molecule has 1 aliphatic heterocycles.